The third kappa shape index (κ3) is 12.5. The van der Waals surface area contributed by atoms with Crippen molar-refractivity contribution in [2.24, 2.45) is 0 Å². The second kappa shape index (κ2) is 11.9. The standard InChI is InChI=1S/C14H23NO3Si.C3H5BrO2/c1-11-9-12(5-6-13(11)15)18-10-14(16)17-7-8-19(2,3)4;1-6-3(5)2-4/h5-6,9H,7-8,10,15H2,1-4H3;2H2,1H3. The Morgan fingerprint density at radius 1 is 1.20 bits per heavy atom. The Hall–Kier alpha value is -1.54. The zero-order chi connectivity index (χ0) is 19.5. The van der Waals surface area contributed by atoms with Crippen molar-refractivity contribution in [2.45, 2.75) is 32.6 Å². The fraction of sp³-hybridized carbons (Fsp3) is 0.529. The van der Waals surface area contributed by atoms with E-state index in [4.69, 9.17) is 15.2 Å². The molecule has 8 heteroatoms. The van der Waals surface area contributed by atoms with Crippen molar-refractivity contribution in [1.29, 1.82) is 0 Å². The Labute approximate surface area is 159 Å². The lowest BCUT2D eigenvalue weighted by molar-refractivity contribution is -0.145. The maximum Gasteiger partial charge on any atom is 0.344 e. The highest BCUT2D eigenvalue weighted by atomic mass is 79.9. The molecule has 2 N–H and O–H groups in total. The number of ether oxygens (including phenoxy) is 3. The van der Waals surface area contributed by atoms with Crippen LogP contribution in [0.1, 0.15) is 5.56 Å². The summed E-state index contributed by atoms with van der Waals surface area (Å²) in [7, 11) is 0.194. The highest BCUT2D eigenvalue weighted by Gasteiger charge is 2.14. The number of esters is 2. The molecule has 0 radical (unpaired) electrons. The van der Waals surface area contributed by atoms with Gasteiger partial charge in [0.15, 0.2) is 6.61 Å². The first-order chi connectivity index (χ1) is 11.6. The van der Waals surface area contributed by atoms with Gasteiger partial charge in [-0.15, -0.1) is 0 Å². The van der Waals surface area contributed by atoms with Gasteiger partial charge in [0.2, 0.25) is 0 Å². The number of carbonyl (C=O) groups excluding carboxylic acids is 2. The number of hydrogen-bond acceptors (Lipinski definition) is 6. The molecular weight excluding hydrogens is 406 g/mol. The SMILES string of the molecule is COC(=O)CBr.Cc1cc(OCC(=O)OCC[Si](C)(C)C)ccc1N. The highest BCUT2D eigenvalue weighted by Crippen LogP contribution is 2.18. The zero-order valence-electron chi connectivity index (χ0n) is 15.6. The molecule has 0 aliphatic rings. The van der Waals surface area contributed by atoms with E-state index >= 15 is 0 Å². The summed E-state index contributed by atoms with van der Waals surface area (Å²) < 4.78 is 14.7. The molecule has 0 aliphatic heterocycles. The van der Waals surface area contributed by atoms with E-state index in [9.17, 15) is 9.59 Å². The van der Waals surface area contributed by atoms with Crippen molar-refractivity contribution < 1.29 is 23.8 Å². The smallest absolute Gasteiger partial charge is 0.344 e. The second-order valence-electron chi connectivity index (χ2n) is 6.55. The Morgan fingerprint density at radius 3 is 2.28 bits per heavy atom. The van der Waals surface area contributed by atoms with Crippen LogP contribution in [0.15, 0.2) is 18.2 Å². The molecule has 1 aromatic carbocycles. The number of alkyl halides is 1. The van der Waals surface area contributed by atoms with Gasteiger partial charge < -0.3 is 19.9 Å². The first-order valence-electron chi connectivity index (χ1n) is 7.86. The van der Waals surface area contributed by atoms with Crippen molar-refractivity contribution in [3.05, 3.63) is 23.8 Å². The fourth-order valence-corrected chi connectivity index (χ4v) is 2.39. The number of benzene rings is 1. The van der Waals surface area contributed by atoms with Crippen LogP contribution in [0.5, 0.6) is 5.75 Å². The predicted molar refractivity (Wildman–Crippen MR) is 106 cm³/mol. The zero-order valence-corrected chi connectivity index (χ0v) is 18.1. The number of rotatable bonds is 7. The molecule has 25 heavy (non-hydrogen) atoms. The molecule has 1 aromatic rings. The predicted octanol–water partition coefficient (Wildman–Crippen LogP) is 3.39. The van der Waals surface area contributed by atoms with Gasteiger partial charge in [-0.1, -0.05) is 35.6 Å². The summed E-state index contributed by atoms with van der Waals surface area (Å²) in [6.07, 6.45) is 0. The van der Waals surface area contributed by atoms with Crippen LogP contribution in [0, 0.1) is 6.92 Å². The molecule has 0 heterocycles. The summed E-state index contributed by atoms with van der Waals surface area (Å²) in [6, 6.07) is 6.29. The lowest BCUT2D eigenvalue weighted by Gasteiger charge is -2.15. The van der Waals surface area contributed by atoms with E-state index in [0.29, 0.717) is 18.0 Å². The minimum absolute atomic E-state index is 0.0605. The average Bonchev–Trinajstić information content (AvgIpc) is 2.54. The fourth-order valence-electron chi connectivity index (χ4n) is 1.45. The van der Waals surface area contributed by atoms with E-state index in [0.717, 1.165) is 11.6 Å². The van der Waals surface area contributed by atoms with Gasteiger partial charge >= 0.3 is 11.9 Å². The number of carbonyl (C=O) groups is 2. The number of hydrogen-bond donors (Lipinski definition) is 1. The molecule has 0 aliphatic carbocycles. The van der Waals surface area contributed by atoms with Crippen LogP contribution in [0.2, 0.25) is 25.7 Å². The van der Waals surface area contributed by atoms with E-state index in [-0.39, 0.29) is 23.9 Å². The van der Waals surface area contributed by atoms with Crippen molar-refractivity contribution >= 4 is 41.6 Å². The Balaban J connectivity index is 0.000000823. The van der Waals surface area contributed by atoms with Gasteiger partial charge in [-0.25, -0.2) is 4.79 Å². The first-order valence-corrected chi connectivity index (χ1v) is 12.7. The van der Waals surface area contributed by atoms with Crippen LogP contribution in [-0.4, -0.2) is 45.7 Å². The summed E-state index contributed by atoms with van der Waals surface area (Å²) >= 11 is 2.90. The summed E-state index contributed by atoms with van der Waals surface area (Å²) in [5.74, 6) is 0.0663. The quantitative estimate of drug-likeness (QED) is 0.306. The van der Waals surface area contributed by atoms with Gasteiger partial charge in [-0.3, -0.25) is 4.79 Å². The number of methoxy groups -OCH3 is 1. The lowest BCUT2D eigenvalue weighted by Crippen LogP contribution is -2.24. The van der Waals surface area contributed by atoms with Gasteiger partial charge in [-0.05, 0) is 36.7 Å². The Kier molecular flexibility index (Phi) is 11.2. The summed E-state index contributed by atoms with van der Waals surface area (Å²) in [5.41, 5.74) is 7.36. The molecule has 0 unspecified atom stereocenters. The first kappa shape index (κ1) is 23.5. The molecule has 1 rings (SSSR count). The summed E-state index contributed by atoms with van der Waals surface area (Å²) in [6.45, 7) is 9.06. The van der Waals surface area contributed by atoms with Crippen molar-refractivity contribution in [2.75, 3.05) is 31.4 Å². The molecule has 0 amide bonds. The molecule has 0 spiro atoms. The minimum atomic E-state index is -1.16. The Bertz CT molecular complexity index is 554. The van der Waals surface area contributed by atoms with Gasteiger partial charge in [0.1, 0.15) is 11.1 Å². The Morgan fingerprint density at radius 2 is 1.84 bits per heavy atom. The topological polar surface area (TPSA) is 87.8 Å². The summed E-state index contributed by atoms with van der Waals surface area (Å²) in [5, 5.41) is 0.281. The van der Waals surface area contributed by atoms with Crippen molar-refractivity contribution in [3.63, 3.8) is 0 Å². The van der Waals surface area contributed by atoms with Gasteiger partial charge in [-0.2, -0.15) is 0 Å². The molecule has 0 fully saturated rings. The molecule has 0 bridgehead atoms. The van der Waals surface area contributed by atoms with Crippen LogP contribution in [0.3, 0.4) is 0 Å². The monoisotopic (exact) mass is 433 g/mol. The van der Waals surface area contributed by atoms with Crippen molar-refractivity contribution in [1.82, 2.24) is 0 Å². The van der Waals surface area contributed by atoms with Gasteiger partial charge in [0, 0.05) is 13.8 Å². The second-order valence-corrected chi connectivity index (χ2v) is 12.7. The van der Waals surface area contributed by atoms with Gasteiger partial charge in [0.25, 0.3) is 0 Å². The number of anilines is 1. The normalized spacial score (nSPS) is 10.3. The van der Waals surface area contributed by atoms with E-state index in [1.807, 2.05) is 13.0 Å². The molecule has 0 atom stereocenters. The average molecular weight is 434 g/mol. The molecule has 0 saturated carbocycles. The van der Waals surface area contributed by atoms with E-state index in [1.165, 1.54) is 7.11 Å². The molecule has 6 nitrogen and oxygen atoms in total. The molecule has 142 valence electrons. The molecule has 0 saturated heterocycles. The van der Waals surface area contributed by atoms with Crippen LogP contribution in [-0.2, 0) is 19.1 Å². The third-order valence-corrected chi connectivity index (χ3v) is 5.21. The largest absolute Gasteiger partial charge is 0.482 e. The summed E-state index contributed by atoms with van der Waals surface area (Å²) in [4.78, 5) is 21.4. The maximum atomic E-state index is 11.5. The van der Waals surface area contributed by atoms with Crippen molar-refractivity contribution in [3.8, 4) is 5.75 Å². The number of nitrogens with two attached hydrogens (primary N) is 1. The van der Waals surface area contributed by atoms with Crippen LogP contribution < -0.4 is 10.5 Å². The number of aryl methyl sites for hydroxylation is 1. The maximum absolute atomic E-state index is 11.5. The van der Waals surface area contributed by atoms with Crippen LogP contribution >= 0.6 is 15.9 Å². The van der Waals surface area contributed by atoms with Gasteiger partial charge in [0.05, 0.1) is 13.7 Å². The van der Waals surface area contributed by atoms with Crippen LogP contribution in [0.25, 0.3) is 0 Å². The lowest BCUT2D eigenvalue weighted by atomic mass is 10.2. The highest BCUT2D eigenvalue weighted by molar-refractivity contribution is 9.09. The number of halogens is 1. The third-order valence-electron chi connectivity index (χ3n) is 3.05. The molecular formula is C17H28BrNO5Si. The number of nitrogen functional groups attached to an aromatic ring is 1. The van der Waals surface area contributed by atoms with E-state index < -0.39 is 8.07 Å². The van der Waals surface area contributed by atoms with E-state index in [1.54, 1.807) is 12.1 Å². The molecule has 0 aromatic heterocycles. The van der Waals surface area contributed by atoms with Crippen LogP contribution in [0.4, 0.5) is 5.69 Å². The minimum Gasteiger partial charge on any atom is -0.482 e. The van der Waals surface area contributed by atoms with E-state index in [2.05, 4.69) is 40.3 Å².